The number of halogens is 2. The van der Waals surface area contributed by atoms with Crippen molar-refractivity contribution in [2.75, 3.05) is 12.4 Å². The van der Waals surface area contributed by atoms with E-state index in [2.05, 4.69) is 25.7 Å². The number of alkyl halides is 1. The van der Waals surface area contributed by atoms with Crippen LogP contribution in [0.3, 0.4) is 0 Å². The topological polar surface area (TPSA) is 85.5 Å². The van der Waals surface area contributed by atoms with Gasteiger partial charge in [0.05, 0.1) is 7.11 Å². The molecule has 1 heterocycles. The van der Waals surface area contributed by atoms with Gasteiger partial charge < -0.3 is 14.5 Å². The second kappa shape index (κ2) is 13.2. The zero-order valence-corrected chi connectivity index (χ0v) is 19.8. The molecule has 0 saturated carbocycles. The molecule has 0 aliphatic carbocycles. The van der Waals surface area contributed by atoms with Gasteiger partial charge in [0, 0.05) is 33.7 Å². The highest BCUT2D eigenvalue weighted by Gasteiger charge is 2.14. The maximum Gasteiger partial charge on any atom is 0.293 e. The van der Waals surface area contributed by atoms with Crippen molar-refractivity contribution >= 4 is 39.8 Å². The van der Waals surface area contributed by atoms with Crippen LogP contribution in [0.4, 0.5) is 0 Å². The number of hydrogen-bond acceptors (Lipinski definition) is 5. The van der Waals surface area contributed by atoms with Crippen LogP contribution >= 0.6 is 27.5 Å². The van der Waals surface area contributed by atoms with Gasteiger partial charge in [-0.2, -0.15) is 0 Å². The van der Waals surface area contributed by atoms with E-state index in [4.69, 9.17) is 16.3 Å². The minimum Gasteiger partial charge on any atom is -0.495 e. The third kappa shape index (κ3) is 10.3. The molecule has 2 rings (SSSR count). The zero-order chi connectivity index (χ0) is 22.6. The quantitative estimate of drug-likeness (QED) is 0.360. The Hall–Kier alpha value is -2.12. The summed E-state index contributed by atoms with van der Waals surface area (Å²) in [4.78, 5) is 35.3. The molecule has 0 aliphatic heterocycles. The number of nitrogens with one attached hydrogen (secondary N) is 1. The van der Waals surface area contributed by atoms with Gasteiger partial charge >= 0.3 is 0 Å². The monoisotopic (exact) mass is 487 g/mol. The standard InChI is InChI=1S/C14H12ClNO3.C5H10O2.C2H5Br/c1-8(17)10-4-3-9(15)5-11(10)12-6-14(18)16-7-13(12)19-2;1-5(2,3)7-4-6;1-2-3/h3-7H,1-2H3,(H,16,18);4H,1-3H3;2H2,1H3. The fraction of sp³-hybridized carbons (Fsp3) is 0.381. The number of ether oxygens (including phenoxy) is 2. The summed E-state index contributed by atoms with van der Waals surface area (Å²) >= 11 is 9.11. The SMILES string of the molecule is CC(C)(C)OC=O.CCBr.COc1c[nH]c(=O)cc1-c1cc(Cl)ccc1C(C)=O. The van der Waals surface area contributed by atoms with E-state index in [1.807, 2.05) is 27.7 Å². The van der Waals surface area contributed by atoms with Crippen molar-refractivity contribution in [3.05, 3.63) is 51.4 Å². The Kier molecular flexibility index (Phi) is 12.2. The van der Waals surface area contributed by atoms with Gasteiger partial charge in [-0.15, -0.1) is 0 Å². The molecule has 160 valence electrons. The number of aromatic nitrogens is 1. The van der Waals surface area contributed by atoms with Crippen LogP contribution in [0, 0.1) is 0 Å². The lowest BCUT2D eigenvalue weighted by molar-refractivity contribution is -0.138. The summed E-state index contributed by atoms with van der Waals surface area (Å²) in [6, 6.07) is 6.31. The smallest absolute Gasteiger partial charge is 0.293 e. The average molecular weight is 489 g/mol. The molecule has 1 aromatic heterocycles. The molecule has 0 atom stereocenters. The first-order valence-electron chi connectivity index (χ1n) is 8.75. The molecule has 2 aromatic rings. The van der Waals surface area contributed by atoms with E-state index < -0.39 is 0 Å². The number of H-pyrrole nitrogens is 1. The second-order valence-corrected chi connectivity index (χ2v) is 8.18. The summed E-state index contributed by atoms with van der Waals surface area (Å²) in [6.45, 7) is 9.43. The largest absolute Gasteiger partial charge is 0.495 e. The number of benzene rings is 1. The Morgan fingerprint density at radius 3 is 2.24 bits per heavy atom. The van der Waals surface area contributed by atoms with Crippen LogP contribution in [0.15, 0.2) is 35.3 Å². The molecule has 0 amide bonds. The lowest BCUT2D eigenvalue weighted by Crippen LogP contribution is -2.17. The van der Waals surface area contributed by atoms with Gasteiger partial charge in [0.1, 0.15) is 11.4 Å². The zero-order valence-electron chi connectivity index (χ0n) is 17.5. The predicted molar refractivity (Wildman–Crippen MR) is 120 cm³/mol. The van der Waals surface area contributed by atoms with Crippen LogP contribution in [-0.4, -0.2) is 35.3 Å². The predicted octanol–water partition coefficient (Wildman–Crippen LogP) is 5.27. The van der Waals surface area contributed by atoms with Crippen LogP contribution in [0.1, 0.15) is 45.0 Å². The number of carbonyl (C=O) groups excluding carboxylic acids is 2. The summed E-state index contributed by atoms with van der Waals surface area (Å²) in [5.41, 5.74) is 1.03. The van der Waals surface area contributed by atoms with Crippen molar-refractivity contribution in [3.8, 4) is 16.9 Å². The van der Waals surface area contributed by atoms with E-state index in [-0.39, 0.29) is 16.9 Å². The van der Waals surface area contributed by atoms with E-state index >= 15 is 0 Å². The first kappa shape index (κ1) is 26.9. The van der Waals surface area contributed by atoms with E-state index in [1.165, 1.54) is 26.3 Å². The van der Waals surface area contributed by atoms with Crippen LogP contribution in [0.25, 0.3) is 11.1 Å². The molecule has 0 spiro atoms. The first-order chi connectivity index (χ1) is 13.5. The fourth-order valence-corrected chi connectivity index (χ4v) is 2.20. The molecule has 0 fully saturated rings. The van der Waals surface area contributed by atoms with Gasteiger partial charge in [-0.3, -0.25) is 14.4 Å². The Morgan fingerprint density at radius 2 is 1.83 bits per heavy atom. The van der Waals surface area contributed by atoms with Crippen LogP contribution in [0.5, 0.6) is 5.75 Å². The molecular weight excluding hydrogens is 462 g/mol. The normalized spacial score (nSPS) is 9.93. The maximum atomic E-state index is 11.7. The van der Waals surface area contributed by atoms with E-state index in [9.17, 15) is 14.4 Å². The lowest BCUT2D eigenvalue weighted by Gasteiger charge is -2.14. The molecular formula is C21H27BrClNO5. The summed E-state index contributed by atoms with van der Waals surface area (Å²) in [7, 11) is 1.50. The molecule has 0 aliphatic rings. The third-order valence-electron chi connectivity index (χ3n) is 3.16. The van der Waals surface area contributed by atoms with Crippen LogP contribution in [-0.2, 0) is 9.53 Å². The minimum atomic E-state index is -0.318. The minimum absolute atomic E-state index is 0.103. The molecule has 8 heteroatoms. The number of ketones is 1. The van der Waals surface area contributed by atoms with Crippen molar-refractivity contribution in [1.82, 2.24) is 4.98 Å². The molecule has 1 aromatic carbocycles. The van der Waals surface area contributed by atoms with E-state index in [1.54, 1.807) is 18.2 Å². The summed E-state index contributed by atoms with van der Waals surface area (Å²) < 4.78 is 9.75. The summed E-state index contributed by atoms with van der Waals surface area (Å²) in [5, 5.41) is 1.55. The number of Topliss-reactive ketones (excluding diaryl/α,β-unsaturated/α-hetero) is 1. The van der Waals surface area contributed by atoms with Gasteiger partial charge in [-0.25, -0.2) is 0 Å². The second-order valence-electron chi connectivity index (χ2n) is 6.62. The Balaban J connectivity index is 0.000000658. The molecule has 0 unspecified atom stereocenters. The molecule has 29 heavy (non-hydrogen) atoms. The van der Waals surface area contributed by atoms with Gasteiger partial charge in [0.2, 0.25) is 5.56 Å². The molecule has 1 N–H and O–H groups in total. The Morgan fingerprint density at radius 1 is 1.24 bits per heavy atom. The highest BCUT2D eigenvalue weighted by molar-refractivity contribution is 9.09. The lowest BCUT2D eigenvalue weighted by atomic mass is 9.97. The summed E-state index contributed by atoms with van der Waals surface area (Å²) in [5.74, 6) is 0.373. The molecule has 0 saturated heterocycles. The molecule has 0 radical (unpaired) electrons. The van der Waals surface area contributed by atoms with Crippen molar-refractivity contribution < 1.29 is 19.1 Å². The number of carbonyl (C=O) groups is 2. The van der Waals surface area contributed by atoms with Crippen molar-refractivity contribution in [3.63, 3.8) is 0 Å². The highest BCUT2D eigenvalue weighted by atomic mass is 79.9. The molecule has 6 nitrogen and oxygen atoms in total. The van der Waals surface area contributed by atoms with E-state index in [0.717, 1.165) is 5.33 Å². The van der Waals surface area contributed by atoms with E-state index in [0.29, 0.717) is 33.9 Å². The fourth-order valence-electron chi connectivity index (χ4n) is 2.03. The van der Waals surface area contributed by atoms with Crippen molar-refractivity contribution in [2.24, 2.45) is 0 Å². The molecule has 0 bridgehead atoms. The number of pyridine rings is 1. The van der Waals surface area contributed by atoms with Crippen LogP contribution in [0.2, 0.25) is 5.02 Å². The third-order valence-corrected chi connectivity index (χ3v) is 3.39. The van der Waals surface area contributed by atoms with Crippen LogP contribution < -0.4 is 10.3 Å². The van der Waals surface area contributed by atoms with Gasteiger partial charge in [-0.1, -0.05) is 34.5 Å². The maximum absolute atomic E-state index is 11.7. The van der Waals surface area contributed by atoms with Gasteiger partial charge in [-0.05, 0) is 51.5 Å². The van der Waals surface area contributed by atoms with Gasteiger partial charge in [0.15, 0.2) is 5.78 Å². The Bertz CT molecular complexity index is 859. The number of hydrogen-bond donors (Lipinski definition) is 1. The highest BCUT2D eigenvalue weighted by Crippen LogP contribution is 2.32. The average Bonchev–Trinajstić information content (AvgIpc) is 2.61. The van der Waals surface area contributed by atoms with Crippen molar-refractivity contribution in [2.45, 2.75) is 40.2 Å². The van der Waals surface area contributed by atoms with Crippen molar-refractivity contribution in [1.29, 1.82) is 0 Å². The number of aromatic amines is 1. The number of rotatable bonds is 4. The van der Waals surface area contributed by atoms with Gasteiger partial charge in [0.25, 0.3) is 6.47 Å². The summed E-state index contributed by atoms with van der Waals surface area (Å²) in [6.07, 6.45) is 1.46. The number of methoxy groups -OCH3 is 1. The first-order valence-corrected chi connectivity index (χ1v) is 10.3. The Labute approximate surface area is 184 Å².